The zero-order valence-corrected chi connectivity index (χ0v) is 14.7. The Morgan fingerprint density at radius 3 is 2.33 bits per heavy atom. The molecule has 1 N–H and O–H groups in total. The van der Waals surface area contributed by atoms with E-state index in [9.17, 15) is 17.6 Å². The molecule has 0 fully saturated rings. The topological polar surface area (TPSA) is 63.2 Å². The summed E-state index contributed by atoms with van der Waals surface area (Å²) in [5, 5.41) is 1.22. The van der Waals surface area contributed by atoms with Gasteiger partial charge in [-0.25, -0.2) is 12.8 Å². The molecule has 2 aromatic carbocycles. The van der Waals surface area contributed by atoms with E-state index in [1.54, 1.807) is 19.1 Å². The van der Waals surface area contributed by atoms with E-state index < -0.39 is 26.8 Å². The second-order valence-corrected chi connectivity index (χ2v) is 8.21. The minimum absolute atomic E-state index is 0.218. The Hall–Kier alpha value is -2.21. The fourth-order valence-corrected chi connectivity index (χ4v) is 3.41. The molecule has 0 heterocycles. The number of nitrogens with one attached hydrogen (secondary N) is 1. The molecule has 0 radical (unpaired) electrons. The lowest BCUT2D eigenvalue weighted by molar-refractivity contribution is -0.115. The lowest BCUT2D eigenvalue weighted by Crippen LogP contribution is -2.33. The van der Waals surface area contributed by atoms with Crippen LogP contribution in [0.3, 0.4) is 0 Å². The van der Waals surface area contributed by atoms with Crippen LogP contribution in [0.5, 0.6) is 0 Å². The fraction of sp³-hybridized carbons (Fsp3) is 0.278. The van der Waals surface area contributed by atoms with Crippen molar-refractivity contribution < 1.29 is 17.6 Å². The van der Waals surface area contributed by atoms with E-state index in [-0.39, 0.29) is 11.4 Å². The fourth-order valence-electron chi connectivity index (χ4n) is 2.12. The lowest BCUT2D eigenvalue weighted by atomic mass is 10.2. The highest BCUT2D eigenvalue weighted by Gasteiger charge is 2.28. The number of rotatable bonds is 5. The van der Waals surface area contributed by atoms with Gasteiger partial charge in [-0.3, -0.25) is 4.79 Å². The van der Waals surface area contributed by atoms with Gasteiger partial charge in [-0.15, -0.1) is 0 Å². The zero-order valence-electron chi connectivity index (χ0n) is 13.8. The Balaban J connectivity index is 2.10. The number of sulfone groups is 1. The standard InChI is InChI=1S/C18H20FNO3S/c1-12-4-7-15(8-5-12)11-24(22,23)14(3)18(21)20-16-9-6-13(2)17(19)10-16/h4-10,14H,11H2,1-3H3,(H,20,21). The van der Waals surface area contributed by atoms with Crippen molar-refractivity contribution in [2.75, 3.05) is 5.32 Å². The van der Waals surface area contributed by atoms with Crippen LogP contribution in [0.2, 0.25) is 0 Å². The normalized spacial score (nSPS) is 12.7. The molecule has 1 unspecified atom stereocenters. The number of halogens is 1. The molecule has 1 amide bonds. The Bertz CT molecular complexity index is 845. The summed E-state index contributed by atoms with van der Waals surface area (Å²) in [5.74, 6) is -1.35. The lowest BCUT2D eigenvalue weighted by Gasteiger charge is -2.14. The van der Waals surface area contributed by atoms with Gasteiger partial charge in [0.1, 0.15) is 11.1 Å². The van der Waals surface area contributed by atoms with Crippen LogP contribution in [-0.4, -0.2) is 19.6 Å². The van der Waals surface area contributed by atoms with Crippen molar-refractivity contribution in [3.05, 3.63) is 65.0 Å². The van der Waals surface area contributed by atoms with Crippen LogP contribution in [0.4, 0.5) is 10.1 Å². The summed E-state index contributed by atoms with van der Waals surface area (Å²) < 4.78 is 38.3. The van der Waals surface area contributed by atoms with Gasteiger partial charge in [-0.2, -0.15) is 0 Å². The van der Waals surface area contributed by atoms with Crippen LogP contribution < -0.4 is 5.32 Å². The summed E-state index contributed by atoms with van der Waals surface area (Å²) in [5.41, 5.74) is 2.35. The Morgan fingerprint density at radius 1 is 1.12 bits per heavy atom. The summed E-state index contributed by atoms with van der Waals surface area (Å²) in [4.78, 5) is 12.2. The molecular weight excluding hydrogens is 329 g/mol. The molecule has 0 aliphatic heterocycles. The number of hydrogen-bond acceptors (Lipinski definition) is 3. The molecule has 24 heavy (non-hydrogen) atoms. The zero-order chi connectivity index (χ0) is 17.9. The average Bonchev–Trinajstić information content (AvgIpc) is 2.52. The van der Waals surface area contributed by atoms with Gasteiger partial charge in [0, 0.05) is 5.69 Å². The van der Waals surface area contributed by atoms with Crippen molar-refractivity contribution in [2.24, 2.45) is 0 Å². The number of benzene rings is 2. The van der Waals surface area contributed by atoms with Crippen LogP contribution in [0.15, 0.2) is 42.5 Å². The first-order chi connectivity index (χ1) is 11.2. The number of carbonyl (C=O) groups is 1. The van der Waals surface area contributed by atoms with E-state index in [0.717, 1.165) is 5.56 Å². The maximum absolute atomic E-state index is 13.5. The van der Waals surface area contributed by atoms with Crippen LogP contribution in [0, 0.1) is 19.7 Å². The molecule has 2 aromatic rings. The SMILES string of the molecule is Cc1ccc(CS(=O)(=O)C(C)C(=O)Nc2ccc(C)c(F)c2)cc1. The molecule has 1 atom stereocenters. The highest BCUT2D eigenvalue weighted by molar-refractivity contribution is 7.92. The summed E-state index contributed by atoms with van der Waals surface area (Å²) in [6.45, 7) is 4.86. The molecule has 2 rings (SSSR count). The second kappa shape index (κ2) is 7.13. The molecule has 6 heteroatoms. The minimum atomic E-state index is -3.67. The quantitative estimate of drug-likeness (QED) is 0.900. The van der Waals surface area contributed by atoms with E-state index in [1.807, 2.05) is 19.1 Å². The smallest absolute Gasteiger partial charge is 0.242 e. The van der Waals surface area contributed by atoms with Gasteiger partial charge in [0.2, 0.25) is 5.91 Å². The largest absolute Gasteiger partial charge is 0.325 e. The highest BCUT2D eigenvalue weighted by Crippen LogP contribution is 2.17. The molecular formula is C18H20FNO3S. The number of aryl methyl sites for hydroxylation is 2. The maximum Gasteiger partial charge on any atom is 0.242 e. The van der Waals surface area contributed by atoms with E-state index in [4.69, 9.17) is 0 Å². The predicted molar refractivity (Wildman–Crippen MR) is 93.0 cm³/mol. The monoisotopic (exact) mass is 349 g/mol. The summed E-state index contributed by atoms with van der Waals surface area (Å²) in [6, 6.07) is 11.3. The van der Waals surface area contributed by atoms with E-state index in [1.165, 1.54) is 25.1 Å². The molecule has 0 saturated heterocycles. The predicted octanol–water partition coefficient (Wildman–Crippen LogP) is 3.38. The first kappa shape index (κ1) is 18.1. The third kappa shape index (κ3) is 4.41. The molecule has 0 saturated carbocycles. The van der Waals surface area contributed by atoms with E-state index in [2.05, 4.69) is 5.32 Å². The van der Waals surface area contributed by atoms with Gasteiger partial charge in [0.15, 0.2) is 9.84 Å². The summed E-state index contributed by atoms with van der Waals surface area (Å²) in [6.07, 6.45) is 0. The van der Waals surface area contributed by atoms with Crippen molar-refractivity contribution >= 4 is 21.4 Å². The number of anilines is 1. The molecule has 0 bridgehead atoms. The second-order valence-electron chi connectivity index (χ2n) is 5.89. The van der Waals surface area contributed by atoms with Crippen LogP contribution in [0.25, 0.3) is 0 Å². The van der Waals surface area contributed by atoms with Gasteiger partial charge >= 0.3 is 0 Å². The van der Waals surface area contributed by atoms with Gasteiger partial charge in [-0.1, -0.05) is 35.9 Å². The number of hydrogen-bond donors (Lipinski definition) is 1. The van der Waals surface area contributed by atoms with Gasteiger partial charge in [0.05, 0.1) is 5.75 Å². The Labute approximate surface area is 141 Å². The first-order valence-electron chi connectivity index (χ1n) is 7.53. The van der Waals surface area contributed by atoms with Gasteiger partial charge < -0.3 is 5.32 Å². The van der Waals surface area contributed by atoms with Gasteiger partial charge in [-0.05, 0) is 44.0 Å². The molecule has 0 aliphatic rings. The van der Waals surface area contributed by atoms with Crippen molar-refractivity contribution in [1.29, 1.82) is 0 Å². The van der Waals surface area contributed by atoms with Crippen molar-refractivity contribution in [3.8, 4) is 0 Å². The van der Waals surface area contributed by atoms with Crippen molar-refractivity contribution in [2.45, 2.75) is 31.8 Å². The van der Waals surface area contributed by atoms with E-state index in [0.29, 0.717) is 11.1 Å². The third-order valence-electron chi connectivity index (χ3n) is 3.84. The molecule has 0 spiro atoms. The number of carbonyl (C=O) groups excluding carboxylic acids is 1. The Kier molecular flexibility index (Phi) is 5.39. The maximum atomic E-state index is 13.5. The van der Waals surface area contributed by atoms with Gasteiger partial charge in [0.25, 0.3) is 0 Å². The van der Waals surface area contributed by atoms with Crippen molar-refractivity contribution in [1.82, 2.24) is 0 Å². The molecule has 0 aromatic heterocycles. The van der Waals surface area contributed by atoms with Crippen LogP contribution >= 0.6 is 0 Å². The van der Waals surface area contributed by atoms with Crippen molar-refractivity contribution in [3.63, 3.8) is 0 Å². The molecule has 0 aliphatic carbocycles. The third-order valence-corrected chi connectivity index (χ3v) is 5.86. The first-order valence-corrected chi connectivity index (χ1v) is 9.25. The number of amides is 1. The summed E-state index contributed by atoms with van der Waals surface area (Å²) in [7, 11) is -3.67. The highest BCUT2D eigenvalue weighted by atomic mass is 32.2. The van der Waals surface area contributed by atoms with E-state index >= 15 is 0 Å². The van der Waals surface area contributed by atoms with Crippen LogP contribution in [-0.2, 0) is 20.4 Å². The summed E-state index contributed by atoms with van der Waals surface area (Å²) >= 11 is 0. The molecule has 128 valence electrons. The molecule has 4 nitrogen and oxygen atoms in total. The Morgan fingerprint density at radius 2 is 1.75 bits per heavy atom. The minimum Gasteiger partial charge on any atom is -0.325 e. The average molecular weight is 349 g/mol. The van der Waals surface area contributed by atoms with Crippen LogP contribution in [0.1, 0.15) is 23.6 Å².